The maximum atomic E-state index is 10.8. The third-order valence-electron chi connectivity index (χ3n) is 2.13. The zero-order chi connectivity index (χ0) is 14.0. The molecule has 1 aromatic carbocycles. The van der Waals surface area contributed by atoms with Crippen LogP contribution in [0.1, 0.15) is 10.5 Å². The van der Waals surface area contributed by atoms with Gasteiger partial charge in [-0.2, -0.15) is 0 Å². The van der Waals surface area contributed by atoms with Gasteiger partial charge in [-0.1, -0.05) is 34.8 Å². The van der Waals surface area contributed by atoms with Gasteiger partial charge in [-0.05, 0) is 12.1 Å². The summed E-state index contributed by atoms with van der Waals surface area (Å²) < 4.78 is 0. The highest BCUT2D eigenvalue weighted by Gasteiger charge is 2.09. The van der Waals surface area contributed by atoms with E-state index >= 15 is 0 Å². The Kier molecular flexibility index (Phi) is 4.09. The number of rotatable bonds is 3. The van der Waals surface area contributed by atoms with Crippen LogP contribution in [0.3, 0.4) is 0 Å². The van der Waals surface area contributed by atoms with Crippen molar-refractivity contribution in [2.45, 2.75) is 0 Å². The van der Waals surface area contributed by atoms with Gasteiger partial charge >= 0.3 is 5.97 Å². The van der Waals surface area contributed by atoms with Gasteiger partial charge in [0.1, 0.15) is 5.82 Å². The highest BCUT2D eigenvalue weighted by molar-refractivity contribution is 6.44. The summed E-state index contributed by atoms with van der Waals surface area (Å²) in [5, 5.41) is 12.6. The van der Waals surface area contributed by atoms with Gasteiger partial charge in [-0.25, -0.2) is 9.78 Å². The highest BCUT2D eigenvalue weighted by atomic mass is 35.5. The second kappa shape index (κ2) is 5.61. The average molecular weight is 319 g/mol. The summed E-state index contributed by atoms with van der Waals surface area (Å²) in [4.78, 5) is 18.4. The van der Waals surface area contributed by atoms with Crippen molar-refractivity contribution in [2.75, 3.05) is 5.32 Å². The van der Waals surface area contributed by atoms with Crippen molar-refractivity contribution in [3.05, 3.63) is 45.3 Å². The van der Waals surface area contributed by atoms with Gasteiger partial charge in [0.15, 0.2) is 5.69 Å². The van der Waals surface area contributed by atoms with E-state index in [0.29, 0.717) is 20.8 Å². The second-order valence-corrected chi connectivity index (χ2v) is 4.69. The van der Waals surface area contributed by atoms with Crippen molar-refractivity contribution in [1.82, 2.24) is 9.97 Å². The third-order valence-corrected chi connectivity index (χ3v) is 3.16. The summed E-state index contributed by atoms with van der Waals surface area (Å²) in [6, 6.07) is 2.99. The lowest BCUT2D eigenvalue weighted by atomic mass is 10.3. The molecule has 1 heterocycles. The molecule has 8 heteroatoms. The standard InChI is InChI=1S/C11H6Cl3N3O2/c12-5-1-7(14)8(2-6(5)13)16-10-4-15-3-9(17-10)11(18)19/h1-4H,(H,16,17)(H,18,19). The molecule has 0 unspecified atom stereocenters. The minimum atomic E-state index is -1.17. The zero-order valence-electron chi connectivity index (χ0n) is 9.19. The Labute approximate surface area is 123 Å². The molecule has 0 aliphatic carbocycles. The second-order valence-electron chi connectivity index (χ2n) is 3.47. The van der Waals surface area contributed by atoms with Crippen molar-refractivity contribution >= 4 is 52.3 Å². The molecule has 0 aliphatic heterocycles. The molecule has 5 nitrogen and oxygen atoms in total. The molecule has 0 atom stereocenters. The first-order chi connectivity index (χ1) is 8.97. The van der Waals surface area contributed by atoms with E-state index in [4.69, 9.17) is 39.9 Å². The highest BCUT2D eigenvalue weighted by Crippen LogP contribution is 2.33. The summed E-state index contributed by atoms with van der Waals surface area (Å²) in [5.41, 5.74) is 0.272. The first kappa shape index (κ1) is 13.9. The van der Waals surface area contributed by atoms with E-state index in [9.17, 15) is 4.79 Å². The summed E-state index contributed by atoms with van der Waals surface area (Å²) in [5.74, 6) is -0.934. The number of carbonyl (C=O) groups is 1. The fourth-order valence-electron chi connectivity index (χ4n) is 1.29. The molecule has 0 radical (unpaired) electrons. The molecule has 98 valence electrons. The fraction of sp³-hybridized carbons (Fsp3) is 0. The number of carboxylic acid groups (broad SMARTS) is 1. The average Bonchev–Trinajstić information content (AvgIpc) is 2.36. The maximum Gasteiger partial charge on any atom is 0.356 e. The van der Waals surface area contributed by atoms with Crippen LogP contribution in [-0.4, -0.2) is 21.0 Å². The molecular weight excluding hydrogens is 312 g/mol. The van der Waals surface area contributed by atoms with E-state index in [1.54, 1.807) is 0 Å². The monoisotopic (exact) mass is 317 g/mol. The van der Waals surface area contributed by atoms with Crippen molar-refractivity contribution in [2.24, 2.45) is 0 Å². The summed E-state index contributed by atoms with van der Waals surface area (Å²) >= 11 is 17.7. The molecule has 19 heavy (non-hydrogen) atoms. The summed E-state index contributed by atoms with van der Waals surface area (Å²) in [6.07, 6.45) is 2.51. The Balaban J connectivity index is 2.33. The van der Waals surface area contributed by atoms with Crippen LogP contribution in [0.15, 0.2) is 24.5 Å². The Morgan fingerprint density at radius 1 is 1.11 bits per heavy atom. The molecule has 0 saturated heterocycles. The van der Waals surface area contributed by atoms with Crippen LogP contribution < -0.4 is 5.32 Å². The molecule has 2 N–H and O–H groups in total. The van der Waals surface area contributed by atoms with E-state index < -0.39 is 5.97 Å². The molecule has 0 amide bonds. The quantitative estimate of drug-likeness (QED) is 0.840. The lowest BCUT2D eigenvalue weighted by Crippen LogP contribution is -2.04. The number of anilines is 2. The van der Waals surface area contributed by atoms with Gasteiger partial charge in [-0.3, -0.25) is 4.98 Å². The number of nitrogens with one attached hydrogen (secondary N) is 1. The van der Waals surface area contributed by atoms with E-state index in [0.717, 1.165) is 6.20 Å². The molecule has 1 aromatic heterocycles. The number of halogens is 3. The van der Waals surface area contributed by atoms with Crippen LogP contribution in [0.2, 0.25) is 15.1 Å². The minimum absolute atomic E-state index is 0.179. The Morgan fingerprint density at radius 2 is 1.79 bits per heavy atom. The van der Waals surface area contributed by atoms with Gasteiger partial charge < -0.3 is 10.4 Å². The topological polar surface area (TPSA) is 75.1 Å². The molecule has 2 aromatic rings. The van der Waals surface area contributed by atoms with Gasteiger partial charge in [0, 0.05) is 0 Å². The zero-order valence-corrected chi connectivity index (χ0v) is 11.5. The van der Waals surface area contributed by atoms with Crippen molar-refractivity contribution in [3.63, 3.8) is 0 Å². The molecule has 2 rings (SSSR count). The van der Waals surface area contributed by atoms with E-state index in [-0.39, 0.29) is 11.5 Å². The lowest BCUT2D eigenvalue weighted by molar-refractivity contribution is 0.0690. The molecule has 0 bridgehead atoms. The Bertz CT molecular complexity index is 649. The summed E-state index contributed by atoms with van der Waals surface area (Å²) in [6.45, 7) is 0. The van der Waals surface area contributed by atoms with E-state index in [1.165, 1.54) is 18.3 Å². The van der Waals surface area contributed by atoms with Gasteiger partial charge in [0.2, 0.25) is 0 Å². The lowest BCUT2D eigenvalue weighted by Gasteiger charge is -2.09. The largest absolute Gasteiger partial charge is 0.476 e. The SMILES string of the molecule is O=C(O)c1cncc(Nc2cc(Cl)c(Cl)cc2Cl)n1. The van der Waals surface area contributed by atoms with E-state index in [2.05, 4.69) is 15.3 Å². The predicted molar refractivity (Wildman–Crippen MR) is 73.7 cm³/mol. The van der Waals surface area contributed by atoms with Gasteiger partial charge in [0.05, 0.1) is 33.1 Å². The number of carboxylic acids is 1. The Hall–Kier alpha value is -1.56. The number of aromatic carboxylic acids is 1. The number of hydrogen-bond acceptors (Lipinski definition) is 4. The number of hydrogen-bond donors (Lipinski definition) is 2. The van der Waals surface area contributed by atoms with Crippen molar-refractivity contribution in [3.8, 4) is 0 Å². The van der Waals surface area contributed by atoms with E-state index in [1.807, 2.05) is 0 Å². The van der Waals surface area contributed by atoms with Crippen LogP contribution in [0.4, 0.5) is 11.5 Å². The van der Waals surface area contributed by atoms with Gasteiger partial charge in [-0.15, -0.1) is 0 Å². The fourth-order valence-corrected chi connectivity index (χ4v) is 1.88. The van der Waals surface area contributed by atoms with Crippen LogP contribution in [0.25, 0.3) is 0 Å². The number of nitrogens with zero attached hydrogens (tertiary/aromatic N) is 2. The first-order valence-electron chi connectivity index (χ1n) is 4.94. The van der Waals surface area contributed by atoms with Crippen LogP contribution in [0, 0.1) is 0 Å². The normalized spacial score (nSPS) is 10.3. The van der Waals surface area contributed by atoms with Crippen molar-refractivity contribution < 1.29 is 9.90 Å². The van der Waals surface area contributed by atoms with Crippen LogP contribution >= 0.6 is 34.8 Å². The number of aromatic nitrogens is 2. The van der Waals surface area contributed by atoms with Gasteiger partial charge in [0.25, 0.3) is 0 Å². The number of benzene rings is 1. The summed E-state index contributed by atoms with van der Waals surface area (Å²) in [7, 11) is 0. The smallest absolute Gasteiger partial charge is 0.356 e. The molecule has 0 aliphatic rings. The maximum absolute atomic E-state index is 10.8. The van der Waals surface area contributed by atoms with Crippen LogP contribution in [0.5, 0.6) is 0 Å². The van der Waals surface area contributed by atoms with Crippen molar-refractivity contribution in [1.29, 1.82) is 0 Å². The predicted octanol–water partition coefficient (Wildman–Crippen LogP) is 3.88. The molecular formula is C11H6Cl3N3O2. The minimum Gasteiger partial charge on any atom is -0.476 e. The van der Waals surface area contributed by atoms with Crippen LogP contribution in [-0.2, 0) is 0 Å². The Morgan fingerprint density at radius 3 is 2.47 bits per heavy atom. The first-order valence-corrected chi connectivity index (χ1v) is 6.07. The molecule has 0 spiro atoms. The third kappa shape index (κ3) is 3.26. The molecule has 0 saturated carbocycles. The molecule has 0 fully saturated rings.